The molecule has 0 bridgehead atoms. The molecule has 2 aromatic carbocycles. The van der Waals surface area contributed by atoms with Crippen molar-refractivity contribution in [3.05, 3.63) is 59.5 Å². The number of nitrogens with one attached hydrogen (secondary N) is 1. The fraction of sp³-hybridized carbons (Fsp3) is 0.0556. The minimum Gasteiger partial charge on any atom is -0.399 e. The number of anilines is 1. The first-order valence-corrected chi connectivity index (χ1v) is 11.1. The van der Waals surface area contributed by atoms with E-state index in [0.29, 0.717) is 14.8 Å². The summed E-state index contributed by atoms with van der Waals surface area (Å²) in [4.78, 5) is 0.825. The van der Waals surface area contributed by atoms with Crippen LogP contribution in [0.3, 0.4) is 0 Å². The number of thiophene rings is 1. The maximum Gasteiger partial charge on any atom is 0.208 e. The topological polar surface area (TPSA) is 110 Å². The van der Waals surface area contributed by atoms with Crippen molar-refractivity contribution < 1.29 is 8.42 Å². The van der Waals surface area contributed by atoms with Gasteiger partial charge in [0.25, 0.3) is 0 Å². The van der Waals surface area contributed by atoms with E-state index in [-0.39, 0.29) is 15.6 Å². The van der Waals surface area contributed by atoms with Crippen molar-refractivity contribution in [3.8, 4) is 11.1 Å². The van der Waals surface area contributed by atoms with Crippen LogP contribution in [0.25, 0.3) is 11.1 Å². The SMILES string of the molecule is CSc1sc(C(=N)N)cc1S(=O)(=O)c1cccc(-c2cccc(N)c2)c1. The Morgan fingerprint density at radius 3 is 2.35 bits per heavy atom. The predicted octanol–water partition coefficient (Wildman–Crippen LogP) is 3.84. The first-order valence-electron chi connectivity index (χ1n) is 7.56. The van der Waals surface area contributed by atoms with E-state index in [0.717, 1.165) is 11.1 Å². The smallest absolute Gasteiger partial charge is 0.208 e. The number of nitrogens with two attached hydrogens (primary N) is 2. The summed E-state index contributed by atoms with van der Waals surface area (Å²) in [5, 5.41) is 7.57. The molecule has 1 heterocycles. The largest absolute Gasteiger partial charge is 0.399 e. The molecule has 0 saturated carbocycles. The zero-order chi connectivity index (χ0) is 18.9. The Labute approximate surface area is 160 Å². The van der Waals surface area contributed by atoms with Crippen molar-refractivity contribution in [1.82, 2.24) is 0 Å². The molecule has 3 rings (SSSR count). The molecule has 0 amide bonds. The van der Waals surface area contributed by atoms with E-state index < -0.39 is 9.84 Å². The van der Waals surface area contributed by atoms with Crippen molar-refractivity contribution in [2.75, 3.05) is 12.0 Å². The molecule has 0 aliphatic carbocycles. The van der Waals surface area contributed by atoms with Crippen LogP contribution >= 0.6 is 23.1 Å². The van der Waals surface area contributed by atoms with Gasteiger partial charge in [0.2, 0.25) is 9.84 Å². The van der Waals surface area contributed by atoms with E-state index >= 15 is 0 Å². The number of hydrogen-bond donors (Lipinski definition) is 3. The highest BCUT2D eigenvalue weighted by Crippen LogP contribution is 2.37. The van der Waals surface area contributed by atoms with Crippen LogP contribution in [0.4, 0.5) is 5.69 Å². The molecule has 5 nitrogen and oxygen atoms in total. The Morgan fingerprint density at radius 2 is 1.73 bits per heavy atom. The maximum atomic E-state index is 13.2. The Hall–Kier alpha value is -2.29. The maximum absolute atomic E-state index is 13.2. The normalized spacial score (nSPS) is 11.4. The van der Waals surface area contributed by atoms with Crippen molar-refractivity contribution in [3.63, 3.8) is 0 Å². The van der Waals surface area contributed by atoms with Crippen LogP contribution in [-0.2, 0) is 9.84 Å². The fourth-order valence-corrected chi connectivity index (χ4v) is 6.41. The summed E-state index contributed by atoms with van der Waals surface area (Å²) in [6.07, 6.45) is 1.80. The molecule has 0 aliphatic heterocycles. The Kier molecular flexibility index (Phi) is 5.08. The first-order chi connectivity index (χ1) is 12.3. The second-order valence-corrected chi connectivity index (χ2v) is 9.58. The molecule has 26 heavy (non-hydrogen) atoms. The van der Waals surface area contributed by atoms with Gasteiger partial charge >= 0.3 is 0 Å². The lowest BCUT2D eigenvalue weighted by molar-refractivity contribution is 0.595. The average molecular weight is 404 g/mol. The van der Waals surface area contributed by atoms with E-state index in [1.807, 2.05) is 18.2 Å². The molecule has 134 valence electrons. The lowest BCUT2D eigenvalue weighted by atomic mass is 10.1. The zero-order valence-electron chi connectivity index (χ0n) is 13.9. The summed E-state index contributed by atoms with van der Waals surface area (Å²) < 4.78 is 26.9. The predicted molar refractivity (Wildman–Crippen MR) is 109 cm³/mol. The second kappa shape index (κ2) is 7.14. The molecule has 1 aromatic heterocycles. The van der Waals surface area contributed by atoms with Gasteiger partial charge in [-0.1, -0.05) is 24.3 Å². The number of thioether (sulfide) groups is 1. The van der Waals surface area contributed by atoms with Gasteiger partial charge in [0.15, 0.2) is 0 Å². The summed E-state index contributed by atoms with van der Waals surface area (Å²) in [7, 11) is -3.73. The van der Waals surface area contributed by atoms with Crippen LogP contribution in [0.1, 0.15) is 4.88 Å². The molecule has 5 N–H and O–H groups in total. The summed E-state index contributed by atoms with van der Waals surface area (Å²) >= 11 is 2.54. The van der Waals surface area contributed by atoms with E-state index in [9.17, 15) is 8.42 Å². The molecule has 0 radical (unpaired) electrons. The van der Waals surface area contributed by atoms with Gasteiger partial charge < -0.3 is 11.5 Å². The Balaban J connectivity index is 2.11. The Bertz CT molecular complexity index is 1090. The van der Waals surface area contributed by atoms with E-state index in [1.54, 1.807) is 36.6 Å². The van der Waals surface area contributed by atoms with Gasteiger partial charge in [0.05, 0.1) is 18.9 Å². The lowest BCUT2D eigenvalue weighted by Gasteiger charge is -2.08. The summed E-state index contributed by atoms with van der Waals surface area (Å²) in [5.41, 5.74) is 13.6. The monoisotopic (exact) mass is 403 g/mol. The van der Waals surface area contributed by atoms with Gasteiger partial charge in [-0.3, -0.25) is 5.41 Å². The van der Waals surface area contributed by atoms with E-state index in [2.05, 4.69) is 0 Å². The van der Waals surface area contributed by atoms with Gasteiger partial charge in [-0.15, -0.1) is 23.1 Å². The quantitative estimate of drug-likeness (QED) is 0.259. The summed E-state index contributed by atoms with van der Waals surface area (Å²) in [6.45, 7) is 0. The van der Waals surface area contributed by atoms with Crippen LogP contribution in [0.15, 0.2) is 68.6 Å². The number of benzene rings is 2. The molecule has 0 spiro atoms. The molecule has 0 saturated heterocycles. The highest BCUT2D eigenvalue weighted by Gasteiger charge is 2.25. The molecule has 0 fully saturated rings. The first kappa shape index (κ1) is 18.5. The standard InChI is InChI=1S/C18H17N3O2S3/c1-24-18-16(10-15(25-18)17(20)21)26(22,23)14-7-3-5-12(9-14)11-4-2-6-13(19)8-11/h2-10H,19H2,1H3,(H3,20,21). The number of rotatable bonds is 5. The Morgan fingerprint density at radius 1 is 1.08 bits per heavy atom. The van der Waals surface area contributed by atoms with Crippen molar-refractivity contribution in [2.45, 2.75) is 14.0 Å². The molecule has 8 heteroatoms. The summed E-state index contributed by atoms with van der Waals surface area (Å²) in [5.74, 6) is -0.139. The van der Waals surface area contributed by atoms with Crippen molar-refractivity contribution in [2.24, 2.45) is 5.73 Å². The van der Waals surface area contributed by atoms with Crippen LogP contribution < -0.4 is 11.5 Å². The highest BCUT2D eigenvalue weighted by molar-refractivity contribution is 8.01. The summed E-state index contributed by atoms with van der Waals surface area (Å²) in [6, 6.07) is 15.5. The molecule has 0 unspecified atom stereocenters. The third kappa shape index (κ3) is 3.48. The van der Waals surface area contributed by atoms with Gasteiger partial charge in [-0.2, -0.15) is 0 Å². The lowest BCUT2D eigenvalue weighted by Crippen LogP contribution is -2.08. The fourth-order valence-electron chi connectivity index (χ4n) is 2.51. The van der Waals surface area contributed by atoms with E-state index in [1.165, 1.54) is 29.2 Å². The number of nitrogen functional groups attached to an aromatic ring is 2. The molecular weight excluding hydrogens is 386 g/mol. The number of hydrogen-bond acceptors (Lipinski definition) is 6. The van der Waals surface area contributed by atoms with Gasteiger partial charge in [0.1, 0.15) is 5.84 Å². The van der Waals surface area contributed by atoms with Gasteiger partial charge in [0, 0.05) is 5.69 Å². The minimum absolute atomic E-state index is 0.139. The van der Waals surface area contributed by atoms with Crippen LogP contribution in [-0.4, -0.2) is 20.5 Å². The third-order valence-electron chi connectivity index (χ3n) is 3.77. The molecule has 3 aromatic rings. The van der Waals surface area contributed by atoms with Crippen molar-refractivity contribution >= 4 is 44.5 Å². The zero-order valence-corrected chi connectivity index (χ0v) is 16.3. The van der Waals surface area contributed by atoms with E-state index in [4.69, 9.17) is 16.9 Å². The second-order valence-electron chi connectivity index (χ2n) is 5.54. The van der Waals surface area contributed by atoms with Crippen LogP contribution in [0.2, 0.25) is 0 Å². The van der Waals surface area contributed by atoms with Crippen molar-refractivity contribution in [1.29, 1.82) is 5.41 Å². The van der Waals surface area contributed by atoms with Gasteiger partial charge in [-0.25, -0.2) is 8.42 Å². The number of sulfone groups is 1. The average Bonchev–Trinajstić information content (AvgIpc) is 3.07. The molecular formula is C18H17N3O2S3. The highest BCUT2D eigenvalue weighted by atomic mass is 32.2. The number of amidine groups is 1. The third-order valence-corrected chi connectivity index (χ3v) is 8.11. The van der Waals surface area contributed by atoms with Crippen LogP contribution in [0.5, 0.6) is 0 Å². The molecule has 0 aliphatic rings. The minimum atomic E-state index is -3.73. The molecule has 0 atom stereocenters. The van der Waals surface area contributed by atoms with Gasteiger partial charge in [-0.05, 0) is 47.7 Å². The van der Waals surface area contributed by atoms with Crippen LogP contribution in [0, 0.1) is 5.41 Å².